The van der Waals surface area contributed by atoms with E-state index < -0.39 is 0 Å². The molecule has 1 heterocycles. The van der Waals surface area contributed by atoms with Crippen molar-refractivity contribution >= 4 is 5.91 Å². The van der Waals surface area contributed by atoms with E-state index in [-0.39, 0.29) is 18.6 Å². The molecule has 1 saturated carbocycles. The fourth-order valence-electron chi connectivity index (χ4n) is 2.41. The fraction of sp³-hybridized carbons (Fsp3) is 0.692. The average Bonchev–Trinajstić information content (AvgIpc) is 2.88. The zero-order valence-electron chi connectivity index (χ0n) is 10.8. The number of rotatable bonds is 4. The van der Waals surface area contributed by atoms with Gasteiger partial charge in [-0.3, -0.25) is 9.89 Å². The van der Waals surface area contributed by atoms with Crippen LogP contribution in [0, 0.1) is 5.92 Å². The van der Waals surface area contributed by atoms with Crippen molar-refractivity contribution in [2.24, 2.45) is 5.92 Å². The van der Waals surface area contributed by atoms with Crippen LogP contribution in [0.4, 0.5) is 0 Å². The molecule has 3 N–H and O–H groups in total. The Morgan fingerprint density at radius 1 is 1.50 bits per heavy atom. The first-order valence-electron chi connectivity index (χ1n) is 6.69. The molecule has 18 heavy (non-hydrogen) atoms. The number of amides is 1. The molecule has 0 aromatic carbocycles. The molecule has 5 heteroatoms. The molecule has 1 amide bonds. The van der Waals surface area contributed by atoms with Gasteiger partial charge in [0.2, 0.25) is 0 Å². The third-order valence-corrected chi connectivity index (χ3v) is 3.68. The Kier molecular flexibility index (Phi) is 4.36. The number of hydrogen-bond donors (Lipinski definition) is 3. The van der Waals surface area contributed by atoms with Crippen LogP contribution in [0.25, 0.3) is 0 Å². The van der Waals surface area contributed by atoms with Crippen LogP contribution in [0.1, 0.15) is 48.8 Å². The lowest BCUT2D eigenvalue weighted by molar-refractivity contribution is 0.0909. The van der Waals surface area contributed by atoms with Gasteiger partial charge in [-0.05, 0) is 44.1 Å². The Hall–Kier alpha value is -1.36. The van der Waals surface area contributed by atoms with Crippen LogP contribution in [0.3, 0.4) is 0 Å². The van der Waals surface area contributed by atoms with E-state index in [1.807, 2.05) is 6.92 Å². The molecular weight excluding hydrogens is 230 g/mol. The van der Waals surface area contributed by atoms with E-state index in [1.165, 1.54) is 0 Å². The van der Waals surface area contributed by atoms with Crippen molar-refractivity contribution in [3.05, 3.63) is 17.5 Å². The van der Waals surface area contributed by atoms with E-state index >= 15 is 0 Å². The van der Waals surface area contributed by atoms with E-state index in [1.54, 1.807) is 6.07 Å². The molecule has 1 aliphatic carbocycles. The standard InChI is InChI=1S/C13H21N3O2/c1-2-10-7-12(16-15-10)13(18)14-11-5-3-9(8-17)4-6-11/h7,9,11,17H,2-6,8H2,1H3,(H,14,18)(H,15,16). The maximum absolute atomic E-state index is 12.0. The second kappa shape index (κ2) is 6.00. The number of aromatic nitrogens is 2. The number of nitrogens with one attached hydrogen (secondary N) is 2. The minimum absolute atomic E-state index is 0.0987. The summed E-state index contributed by atoms with van der Waals surface area (Å²) in [5.41, 5.74) is 1.44. The van der Waals surface area contributed by atoms with Crippen molar-refractivity contribution in [2.45, 2.75) is 45.1 Å². The van der Waals surface area contributed by atoms with Gasteiger partial charge in [-0.2, -0.15) is 5.10 Å². The van der Waals surface area contributed by atoms with Crippen LogP contribution in [0.2, 0.25) is 0 Å². The van der Waals surface area contributed by atoms with Crippen LogP contribution in [-0.2, 0) is 6.42 Å². The van der Waals surface area contributed by atoms with Crippen molar-refractivity contribution in [1.82, 2.24) is 15.5 Å². The summed E-state index contributed by atoms with van der Waals surface area (Å²) in [6.45, 7) is 2.28. The van der Waals surface area contributed by atoms with Crippen molar-refractivity contribution < 1.29 is 9.90 Å². The molecule has 1 fully saturated rings. The van der Waals surface area contributed by atoms with Gasteiger partial charge in [0.25, 0.3) is 5.91 Å². The molecular formula is C13H21N3O2. The second-order valence-corrected chi connectivity index (χ2v) is 5.01. The fourth-order valence-corrected chi connectivity index (χ4v) is 2.41. The summed E-state index contributed by atoms with van der Waals surface area (Å²) in [6, 6.07) is 2.02. The minimum atomic E-state index is -0.0987. The lowest BCUT2D eigenvalue weighted by Gasteiger charge is -2.27. The first kappa shape index (κ1) is 13.1. The maximum atomic E-state index is 12.0. The third kappa shape index (κ3) is 3.10. The quantitative estimate of drug-likeness (QED) is 0.753. The molecule has 2 rings (SSSR count). The van der Waals surface area contributed by atoms with Gasteiger partial charge in [0, 0.05) is 18.3 Å². The third-order valence-electron chi connectivity index (χ3n) is 3.68. The highest BCUT2D eigenvalue weighted by molar-refractivity contribution is 5.92. The molecule has 100 valence electrons. The van der Waals surface area contributed by atoms with Gasteiger partial charge in [-0.15, -0.1) is 0 Å². The molecule has 0 saturated heterocycles. The highest BCUT2D eigenvalue weighted by Crippen LogP contribution is 2.23. The van der Waals surface area contributed by atoms with E-state index in [4.69, 9.17) is 5.11 Å². The minimum Gasteiger partial charge on any atom is -0.396 e. The zero-order chi connectivity index (χ0) is 13.0. The Morgan fingerprint density at radius 2 is 2.22 bits per heavy atom. The van der Waals surface area contributed by atoms with Crippen molar-refractivity contribution in [3.8, 4) is 0 Å². The zero-order valence-corrected chi connectivity index (χ0v) is 10.8. The van der Waals surface area contributed by atoms with Crippen molar-refractivity contribution in [2.75, 3.05) is 6.61 Å². The summed E-state index contributed by atoms with van der Waals surface area (Å²) >= 11 is 0. The first-order valence-corrected chi connectivity index (χ1v) is 6.69. The van der Waals surface area contributed by atoms with Crippen LogP contribution < -0.4 is 5.32 Å². The Labute approximate surface area is 107 Å². The van der Waals surface area contributed by atoms with Gasteiger partial charge in [0.05, 0.1) is 0 Å². The van der Waals surface area contributed by atoms with Crippen molar-refractivity contribution in [3.63, 3.8) is 0 Å². The summed E-state index contributed by atoms with van der Waals surface area (Å²) in [5, 5.41) is 18.9. The van der Waals surface area contributed by atoms with Gasteiger partial charge in [-0.25, -0.2) is 0 Å². The number of aromatic amines is 1. The number of aryl methyl sites for hydroxylation is 1. The molecule has 5 nitrogen and oxygen atoms in total. The second-order valence-electron chi connectivity index (χ2n) is 5.01. The lowest BCUT2D eigenvalue weighted by atomic mass is 9.86. The number of hydrogen-bond acceptors (Lipinski definition) is 3. The predicted octanol–water partition coefficient (Wildman–Crippen LogP) is 1.25. The predicted molar refractivity (Wildman–Crippen MR) is 68.3 cm³/mol. The largest absolute Gasteiger partial charge is 0.396 e. The van der Waals surface area contributed by atoms with Crippen molar-refractivity contribution in [1.29, 1.82) is 0 Å². The monoisotopic (exact) mass is 251 g/mol. The Balaban J connectivity index is 1.84. The molecule has 0 aliphatic heterocycles. The molecule has 1 aliphatic rings. The molecule has 1 aromatic rings. The topological polar surface area (TPSA) is 78.0 Å². The van der Waals surface area contributed by atoms with Crippen LogP contribution >= 0.6 is 0 Å². The van der Waals surface area contributed by atoms with E-state index in [0.29, 0.717) is 11.6 Å². The summed E-state index contributed by atoms with van der Waals surface area (Å²) in [5.74, 6) is 0.314. The highest BCUT2D eigenvalue weighted by atomic mass is 16.3. The smallest absolute Gasteiger partial charge is 0.271 e. The summed E-state index contributed by atoms with van der Waals surface area (Å²) in [7, 11) is 0. The first-order chi connectivity index (χ1) is 8.72. The lowest BCUT2D eigenvalue weighted by Crippen LogP contribution is -2.38. The number of H-pyrrole nitrogens is 1. The van der Waals surface area contributed by atoms with Crippen LogP contribution in [-0.4, -0.2) is 33.9 Å². The highest BCUT2D eigenvalue weighted by Gasteiger charge is 2.22. The maximum Gasteiger partial charge on any atom is 0.271 e. The number of nitrogens with zero attached hydrogens (tertiary/aromatic N) is 1. The summed E-state index contributed by atoms with van der Waals surface area (Å²) in [4.78, 5) is 12.0. The Bertz CT molecular complexity index is 395. The molecule has 0 atom stereocenters. The van der Waals surface area contributed by atoms with E-state index in [9.17, 15) is 4.79 Å². The van der Waals surface area contributed by atoms with E-state index in [2.05, 4.69) is 15.5 Å². The van der Waals surface area contributed by atoms with Crippen LogP contribution in [0.5, 0.6) is 0 Å². The number of aliphatic hydroxyl groups excluding tert-OH is 1. The number of carbonyl (C=O) groups is 1. The van der Waals surface area contributed by atoms with Gasteiger partial charge >= 0.3 is 0 Å². The average molecular weight is 251 g/mol. The molecule has 1 aromatic heterocycles. The number of carbonyl (C=O) groups excluding carboxylic acids is 1. The molecule has 0 unspecified atom stereocenters. The summed E-state index contributed by atoms with van der Waals surface area (Å²) < 4.78 is 0. The molecule has 0 radical (unpaired) electrons. The summed E-state index contributed by atoms with van der Waals surface area (Å²) in [6.07, 6.45) is 4.72. The van der Waals surface area contributed by atoms with Gasteiger partial charge in [0.1, 0.15) is 5.69 Å². The Morgan fingerprint density at radius 3 is 2.78 bits per heavy atom. The molecule has 0 bridgehead atoms. The SMILES string of the molecule is CCc1cc(C(=O)NC2CCC(CO)CC2)n[nH]1. The van der Waals surface area contributed by atoms with Crippen LogP contribution in [0.15, 0.2) is 6.07 Å². The number of aliphatic hydroxyl groups is 1. The van der Waals surface area contributed by atoms with E-state index in [0.717, 1.165) is 37.8 Å². The van der Waals surface area contributed by atoms with Gasteiger partial charge < -0.3 is 10.4 Å². The normalized spacial score (nSPS) is 23.9. The molecule has 0 spiro atoms. The van der Waals surface area contributed by atoms with Gasteiger partial charge in [-0.1, -0.05) is 6.92 Å². The van der Waals surface area contributed by atoms with Gasteiger partial charge in [0.15, 0.2) is 0 Å².